The van der Waals surface area contributed by atoms with Crippen LogP contribution in [0.25, 0.3) is 0 Å². The monoisotopic (exact) mass is 467 g/mol. The lowest BCUT2D eigenvalue weighted by atomic mass is 10.2. The molecule has 0 atom stereocenters. The first-order valence-electron chi connectivity index (χ1n) is 9.65. The number of para-hydroxylation sites is 1. The van der Waals surface area contributed by atoms with Crippen LogP contribution in [-0.2, 0) is 4.74 Å². The number of amides is 1. The third-order valence-corrected chi connectivity index (χ3v) is 4.29. The minimum atomic E-state index is -0.793. The second-order valence-electron chi connectivity index (χ2n) is 6.45. The number of carbonyl (C=O) groups excluding carboxylic acids is 2. The quantitative estimate of drug-likeness (QED) is 0.238. The molecule has 0 aliphatic carbocycles. The minimum Gasteiger partial charge on any atom is -0.462 e. The van der Waals surface area contributed by atoms with Crippen LogP contribution in [0.3, 0.4) is 0 Å². The lowest BCUT2D eigenvalue weighted by Gasteiger charge is -2.13. The number of aromatic nitrogens is 2. The Balaban J connectivity index is 1.86. The zero-order chi connectivity index (χ0) is 24.7. The molecule has 0 aliphatic heterocycles. The molecule has 34 heavy (non-hydrogen) atoms. The normalized spacial score (nSPS) is 10.1. The molecule has 0 saturated heterocycles. The van der Waals surface area contributed by atoms with Gasteiger partial charge in [-0.1, -0.05) is 18.2 Å². The van der Waals surface area contributed by atoms with Crippen LogP contribution < -0.4 is 16.2 Å². The lowest BCUT2D eigenvalue weighted by Crippen LogP contribution is -2.30. The first-order valence-corrected chi connectivity index (χ1v) is 9.65. The number of nitro groups is 2. The van der Waals surface area contributed by atoms with Gasteiger partial charge in [-0.15, -0.1) is 0 Å². The predicted octanol–water partition coefficient (Wildman–Crippen LogP) is 2.97. The Morgan fingerprint density at radius 1 is 1.00 bits per heavy atom. The van der Waals surface area contributed by atoms with Gasteiger partial charge in [-0.25, -0.2) is 14.8 Å². The van der Waals surface area contributed by atoms with Gasteiger partial charge in [0.05, 0.1) is 27.7 Å². The zero-order valence-electron chi connectivity index (χ0n) is 17.5. The molecule has 0 bridgehead atoms. The number of nitrogens with zero attached hydrogens (tertiary/aromatic N) is 4. The van der Waals surface area contributed by atoms with E-state index in [1.54, 1.807) is 19.1 Å². The van der Waals surface area contributed by atoms with Crippen LogP contribution in [0.4, 0.5) is 28.7 Å². The maximum Gasteiger partial charge on any atom is 0.355 e. The molecule has 0 radical (unpaired) electrons. The molecule has 2 aromatic carbocycles. The van der Waals surface area contributed by atoms with Gasteiger partial charge in [0.25, 0.3) is 11.6 Å². The van der Waals surface area contributed by atoms with E-state index in [-0.39, 0.29) is 40.7 Å². The van der Waals surface area contributed by atoms with Crippen LogP contribution >= 0.6 is 0 Å². The van der Waals surface area contributed by atoms with Gasteiger partial charge in [-0.3, -0.25) is 35.9 Å². The third kappa shape index (κ3) is 5.37. The van der Waals surface area contributed by atoms with Crippen molar-refractivity contribution in [3.63, 3.8) is 0 Å². The largest absolute Gasteiger partial charge is 0.462 e. The number of anilines is 3. The SMILES string of the molecule is CCOC(=O)c1ccccc1Nc1ncnc(NNC(=O)c2cccc([N+](=O)[O-])c2)c1[N+](=O)[O-]. The second kappa shape index (κ2) is 10.4. The van der Waals surface area contributed by atoms with E-state index < -0.39 is 27.4 Å². The standard InChI is InChI=1S/C20H17N7O7/c1-2-34-20(29)14-8-3-4-9-15(14)23-17-16(27(32)33)18(22-11-21-17)24-25-19(28)12-6-5-7-13(10-12)26(30)31/h3-11H,2H2,1H3,(H,25,28)(H2,21,22,23,24). The van der Waals surface area contributed by atoms with Gasteiger partial charge < -0.3 is 10.1 Å². The van der Waals surface area contributed by atoms with Gasteiger partial charge in [-0.05, 0) is 25.1 Å². The van der Waals surface area contributed by atoms with Crippen molar-refractivity contribution in [1.29, 1.82) is 0 Å². The van der Waals surface area contributed by atoms with Gasteiger partial charge in [0.15, 0.2) is 0 Å². The molecule has 3 N–H and O–H groups in total. The molecule has 1 heterocycles. The van der Waals surface area contributed by atoms with Crippen LogP contribution in [0.5, 0.6) is 0 Å². The fourth-order valence-electron chi connectivity index (χ4n) is 2.79. The fourth-order valence-corrected chi connectivity index (χ4v) is 2.79. The van der Waals surface area contributed by atoms with Crippen LogP contribution in [0.2, 0.25) is 0 Å². The van der Waals surface area contributed by atoms with Gasteiger partial charge in [0.1, 0.15) is 6.33 Å². The zero-order valence-corrected chi connectivity index (χ0v) is 17.5. The van der Waals surface area contributed by atoms with E-state index in [0.29, 0.717) is 0 Å². The first kappa shape index (κ1) is 23.5. The highest BCUT2D eigenvalue weighted by molar-refractivity contribution is 5.97. The van der Waals surface area contributed by atoms with E-state index in [4.69, 9.17) is 4.74 Å². The molecule has 0 fully saturated rings. The number of nitro benzene ring substituents is 1. The van der Waals surface area contributed by atoms with Crippen LogP contribution in [0.15, 0.2) is 54.9 Å². The number of rotatable bonds is 9. The lowest BCUT2D eigenvalue weighted by molar-refractivity contribution is -0.384. The molecule has 0 saturated carbocycles. The van der Waals surface area contributed by atoms with E-state index in [0.717, 1.165) is 12.4 Å². The Hall–Kier alpha value is -5.14. The number of hydrogen-bond donors (Lipinski definition) is 3. The van der Waals surface area contributed by atoms with Gasteiger partial charge in [0, 0.05) is 17.7 Å². The van der Waals surface area contributed by atoms with Gasteiger partial charge >= 0.3 is 11.7 Å². The van der Waals surface area contributed by atoms with Crippen molar-refractivity contribution in [1.82, 2.24) is 15.4 Å². The summed E-state index contributed by atoms with van der Waals surface area (Å²) >= 11 is 0. The van der Waals surface area contributed by atoms with Gasteiger partial charge in [-0.2, -0.15) is 0 Å². The van der Waals surface area contributed by atoms with Crippen molar-refractivity contribution in [2.45, 2.75) is 6.92 Å². The Labute approximate surface area is 191 Å². The van der Waals surface area contributed by atoms with Crippen LogP contribution in [-0.4, -0.2) is 38.3 Å². The Morgan fingerprint density at radius 3 is 2.44 bits per heavy atom. The summed E-state index contributed by atoms with van der Waals surface area (Å²) in [6.45, 7) is 1.78. The predicted molar refractivity (Wildman–Crippen MR) is 119 cm³/mol. The van der Waals surface area contributed by atoms with Crippen molar-refractivity contribution >= 4 is 40.6 Å². The highest BCUT2D eigenvalue weighted by Crippen LogP contribution is 2.32. The topological polar surface area (TPSA) is 192 Å². The van der Waals surface area contributed by atoms with Crippen molar-refractivity contribution in [2.75, 3.05) is 17.3 Å². The molecule has 3 rings (SSSR count). The van der Waals surface area contributed by atoms with E-state index in [1.165, 1.54) is 30.3 Å². The van der Waals surface area contributed by atoms with Crippen LogP contribution in [0, 0.1) is 20.2 Å². The molecule has 174 valence electrons. The van der Waals surface area contributed by atoms with E-state index in [9.17, 15) is 29.8 Å². The van der Waals surface area contributed by atoms with Crippen molar-refractivity contribution < 1.29 is 24.2 Å². The molecule has 1 amide bonds. The van der Waals surface area contributed by atoms with Gasteiger partial charge in [0.2, 0.25) is 11.6 Å². The second-order valence-corrected chi connectivity index (χ2v) is 6.45. The summed E-state index contributed by atoms with van der Waals surface area (Å²) in [6, 6.07) is 11.1. The summed E-state index contributed by atoms with van der Waals surface area (Å²) < 4.78 is 4.99. The Bertz CT molecular complexity index is 1270. The summed E-state index contributed by atoms with van der Waals surface area (Å²) in [6.07, 6.45) is 1.00. The number of benzene rings is 2. The molecule has 3 aromatic rings. The van der Waals surface area contributed by atoms with Crippen molar-refractivity contribution in [2.24, 2.45) is 0 Å². The maximum absolute atomic E-state index is 12.4. The number of non-ortho nitro benzene ring substituents is 1. The minimum absolute atomic E-state index is 0.0554. The van der Waals surface area contributed by atoms with E-state index in [2.05, 4.69) is 26.1 Å². The molecule has 0 spiro atoms. The van der Waals surface area contributed by atoms with E-state index >= 15 is 0 Å². The van der Waals surface area contributed by atoms with Crippen LogP contribution in [0.1, 0.15) is 27.6 Å². The summed E-state index contributed by atoms with van der Waals surface area (Å²) in [7, 11) is 0. The number of nitrogens with one attached hydrogen (secondary N) is 3. The summed E-state index contributed by atoms with van der Waals surface area (Å²) in [5.41, 5.74) is 3.89. The highest BCUT2D eigenvalue weighted by Gasteiger charge is 2.25. The molecule has 14 heteroatoms. The van der Waals surface area contributed by atoms with Crippen molar-refractivity contribution in [3.8, 4) is 0 Å². The number of esters is 1. The Kier molecular flexibility index (Phi) is 7.23. The summed E-state index contributed by atoms with van der Waals surface area (Å²) in [5, 5.41) is 25.4. The maximum atomic E-state index is 12.4. The number of carbonyl (C=O) groups is 2. The first-order chi connectivity index (χ1) is 16.3. The average Bonchev–Trinajstić information content (AvgIpc) is 2.83. The molecule has 0 unspecified atom stereocenters. The number of hydrogen-bond acceptors (Lipinski definition) is 11. The molecule has 1 aromatic heterocycles. The molecule has 0 aliphatic rings. The molecule has 14 nitrogen and oxygen atoms in total. The smallest absolute Gasteiger partial charge is 0.355 e. The highest BCUT2D eigenvalue weighted by atomic mass is 16.6. The molecular weight excluding hydrogens is 450 g/mol. The third-order valence-electron chi connectivity index (χ3n) is 4.29. The summed E-state index contributed by atoms with van der Waals surface area (Å²) in [4.78, 5) is 53.4. The Morgan fingerprint density at radius 2 is 1.74 bits per heavy atom. The number of hydrazine groups is 1. The molecular formula is C20H17N7O7. The average molecular weight is 467 g/mol. The fraction of sp³-hybridized carbons (Fsp3) is 0.100. The van der Waals surface area contributed by atoms with E-state index in [1.807, 2.05) is 0 Å². The summed E-state index contributed by atoms with van der Waals surface area (Å²) in [5.74, 6) is -2.05. The number of ether oxygens (including phenoxy) is 1. The van der Waals surface area contributed by atoms with Crippen molar-refractivity contribution in [3.05, 3.63) is 86.2 Å².